The number of anilines is 1. The molecule has 3 heterocycles. The average Bonchev–Trinajstić information content (AvgIpc) is 2.74. The maximum Gasteiger partial charge on any atom is 0.225 e. The topological polar surface area (TPSA) is 69.6 Å². The van der Waals surface area contributed by atoms with E-state index in [1.165, 1.54) is 6.92 Å². The van der Waals surface area contributed by atoms with Crippen molar-refractivity contribution in [3.8, 4) is 0 Å². The number of amides is 2. The number of benzene rings is 1. The van der Waals surface area contributed by atoms with E-state index in [2.05, 4.69) is 14.9 Å². The van der Waals surface area contributed by atoms with Gasteiger partial charge in [-0.05, 0) is 23.3 Å². The van der Waals surface area contributed by atoms with Gasteiger partial charge in [-0.1, -0.05) is 24.3 Å². The summed E-state index contributed by atoms with van der Waals surface area (Å²) < 4.78 is 0. The Hall–Kier alpha value is -3.22. The van der Waals surface area contributed by atoms with Gasteiger partial charge in [0.15, 0.2) is 0 Å². The molecule has 0 N–H and O–H groups in total. The molecular weight excluding hydrogens is 354 g/mol. The van der Waals surface area contributed by atoms with Crippen LogP contribution in [-0.4, -0.2) is 57.8 Å². The molecular formula is C21H23N5O2. The number of carbonyl (C=O) groups excluding carboxylic acids is 2. The fourth-order valence-corrected chi connectivity index (χ4v) is 3.82. The Balaban J connectivity index is 1.44. The summed E-state index contributed by atoms with van der Waals surface area (Å²) in [7, 11) is 0. The van der Waals surface area contributed by atoms with E-state index in [0.717, 1.165) is 11.1 Å². The highest BCUT2D eigenvalue weighted by molar-refractivity contribution is 5.82. The predicted molar refractivity (Wildman–Crippen MR) is 106 cm³/mol. The molecule has 2 aromatic rings. The van der Waals surface area contributed by atoms with E-state index < -0.39 is 0 Å². The summed E-state index contributed by atoms with van der Waals surface area (Å²) in [6.07, 6.45) is 7.45. The lowest BCUT2D eigenvalue weighted by atomic mass is 9.93. The molecule has 28 heavy (non-hydrogen) atoms. The van der Waals surface area contributed by atoms with Crippen molar-refractivity contribution in [1.29, 1.82) is 0 Å². The normalized spacial score (nSPS) is 18.8. The molecule has 0 saturated carbocycles. The summed E-state index contributed by atoms with van der Waals surface area (Å²) in [4.78, 5) is 39.3. The third kappa shape index (κ3) is 3.60. The molecule has 144 valence electrons. The van der Waals surface area contributed by atoms with Crippen LogP contribution in [0.1, 0.15) is 30.5 Å². The van der Waals surface area contributed by atoms with E-state index in [0.29, 0.717) is 32.1 Å². The lowest BCUT2D eigenvalue weighted by Gasteiger charge is -2.37. The third-order valence-corrected chi connectivity index (χ3v) is 5.30. The summed E-state index contributed by atoms with van der Waals surface area (Å²) in [5.41, 5.74) is 2.08. The highest BCUT2D eigenvalue weighted by atomic mass is 16.2. The van der Waals surface area contributed by atoms with Crippen LogP contribution in [0.2, 0.25) is 0 Å². The lowest BCUT2D eigenvalue weighted by Crippen LogP contribution is -2.50. The summed E-state index contributed by atoms with van der Waals surface area (Å²) in [5.74, 6) is 0.702. The maximum absolute atomic E-state index is 13.0. The van der Waals surface area contributed by atoms with E-state index in [9.17, 15) is 9.59 Å². The van der Waals surface area contributed by atoms with E-state index in [1.807, 2.05) is 35.2 Å². The van der Waals surface area contributed by atoms with Crippen LogP contribution in [-0.2, 0) is 9.59 Å². The van der Waals surface area contributed by atoms with Crippen LogP contribution in [0.5, 0.6) is 0 Å². The van der Waals surface area contributed by atoms with Gasteiger partial charge in [-0.3, -0.25) is 9.59 Å². The van der Waals surface area contributed by atoms with Gasteiger partial charge in [0.2, 0.25) is 17.8 Å². The van der Waals surface area contributed by atoms with E-state index >= 15 is 0 Å². The molecule has 2 aliphatic heterocycles. The number of hydrogen-bond acceptors (Lipinski definition) is 5. The number of nitrogens with zero attached hydrogens (tertiary/aromatic N) is 5. The highest BCUT2D eigenvalue weighted by Gasteiger charge is 2.31. The van der Waals surface area contributed by atoms with E-state index in [1.54, 1.807) is 29.6 Å². The van der Waals surface area contributed by atoms with Gasteiger partial charge in [0.05, 0.1) is 12.5 Å². The molecule has 4 rings (SSSR count). The van der Waals surface area contributed by atoms with Crippen LogP contribution in [0.25, 0.3) is 6.08 Å². The van der Waals surface area contributed by atoms with E-state index in [-0.39, 0.29) is 24.3 Å². The van der Waals surface area contributed by atoms with Crippen LogP contribution in [0.3, 0.4) is 0 Å². The summed E-state index contributed by atoms with van der Waals surface area (Å²) in [6, 6.07) is 9.46. The highest BCUT2D eigenvalue weighted by Crippen LogP contribution is 2.33. The van der Waals surface area contributed by atoms with Crippen molar-refractivity contribution in [3.63, 3.8) is 0 Å². The monoisotopic (exact) mass is 377 g/mol. The quantitative estimate of drug-likeness (QED) is 0.819. The zero-order valence-corrected chi connectivity index (χ0v) is 15.9. The number of carbonyl (C=O) groups is 2. The maximum atomic E-state index is 13.0. The van der Waals surface area contributed by atoms with Gasteiger partial charge in [0, 0.05) is 51.7 Å². The Morgan fingerprint density at radius 3 is 2.46 bits per heavy atom. The number of piperazine rings is 1. The van der Waals surface area contributed by atoms with Gasteiger partial charge in [0.25, 0.3) is 0 Å². The van der Waals surface area contributed by atoms with Crippen LogP contribution in [0.4, 0.5) is 5.95 Å². The molecule has 1 saturated heterocycles. The summed E-state index contributed by atoms with van der Waals surface area (Å²) in [5, 5.41) is 0. The van der Waals surface area contributed by atoms with Gasteiger partial charge < -0.3 is 14.7 Å². The Morgan fingerprint density at radius 1 is 1.04 bits per heavy atom. The first-order chi connectivity index (χ1) is 13.6. The Morgan fingerprint density at radius 2 is 1.75 bits per heavy atom. The molecule has 7 nitrogen and oxygen atoms in total. The smallest absolute Gasteiger partial charge is 0.225 e. The summed E-state index contributed by atoms with van der Waals surface area (Å²) in [6.45, 7) is 4.19. The number of aromatic nitrogens is 2. The minimum absolute atomic E-state index is 0.0606. The fourth-order valence-electron chi connectivity index (χ4n) is 3.82. The number of fused-ring (bicyclic) bond motifs is 1. The molecule has 1 aromatic heterocycles. The molecule has 2 amide bonds. The van der Waals surface area contributed by atoms with Gasteiger partial charge in [-0.15, -0.1) is 0 Å². The minimum atomic E-state index is -0.262. The van der Waals surface area contributed by atoms with Gasteiger partial charge in [0.1, 0.15) is 0 Å². The minimum Gasteiger partial charge on any atom is -0.339 e. The number of hydrogen-bond donors (Lipinski definition) is 0. The van der Waals surface area contributed by atoms with Crippen molar-refractivity contribution in [3.05, 3.63) is 60.1 Å². The fraction of sp³-hybridized carbons (Fsp3) is 0.333. The second-order valence-corrected chi connectivity index (χ2v) is 7.01. The van der Waals surface area contributed by atoms with Gasteiger partial charge >= 0.3 is 0 Å². The average molecular weight is 377 g/mol. The predicted octanol–water partition coefficient (Wildman–Crippen LogP) is 2.09. The molecule has 0 unspecified atom stereocenters. The first kappa shape index (κ1) is 18.2. The molecule has 7 heteroatoms. The van der Waals surface area contributed by atoms with Crippen LogP contribution >= 0.6 is 0 Å². The first-order valence-corrected chi connectivity index (χ1v) is 9.49. The van der Waals surface area contributed by atoms with Crippen LogP contribution < -0.4 is 4.90 Å². The third-order valence-electron chi connectivity index (χ3n) is 5.30. The van der Waals surface area contributed by atoms with Gasteiger partial charge in [-0.2, -0.15) is 0 Å². The second-order valence-electron chi connectivity index (χ2n) is 7.01. The zero-order chi connectivity index (χ0) is 19.5. The van der Waals surface area contributed by atoms with Crippen molar-refractivity contribution < 1.29 is 9.59 Å². The molecule has 0 spiro atoms. The SMILES string of the molecule is CC(=O)N1C=Cc2ccccc2[C@H]1CC(=O)N1CCN(c2ncccn2)CC1. The van der Waals surface area contributed by atoms with Crippen LogP contribution in [0.15, 0.2) is 48.9 Å². The number of rotatable bonds is 3. The standard InChI is InChI=1S/C21H23N5O2/c1-16(27)26-10-7-17-5-2-3-6-18(17)19(26)15-20(28)24-11-13-25(14-12-24)21-22-8-4-9-23-21/h2-10,19H,11-15H2,1H3/t19-/m1/s1. The van der Waals surface area contributed by atoms with Crippen molar-refractivity contribution in [1.82, 2.24) is 19.8 Å². The van der Waals surface area contributed by atoms with Crippen molar-refractivity contribution in [2.45, 2.75) is 19.4 Å². The molecule has 2 aliphatic rings. The largest absolute Gasteiger partial charge is 0.339 e. The Labute approximate surface area is 164 Å². The zero-order valence-electron chi connectivity index (χ0n) is 15.9. The molecule has 1 atom stereocenters. The molecule has 0 radical (unpaired) electrons. The molecule has 0 aliphatic carbocycles. The Bertz CT molecular complexity index is 891. The summed E-state index contributed by atoms with van der Waals surface area (Å²) >= 11 is 0. The Kier molecular flexibility index (Phi) is 5.06. The van der Waals surface area contributed by atoms with Crippen molar-refractivity contribution in [2.24, 2.45) is 0 Å². The van der Waals surface area contributed by atoms with Gasteiger partial charge in [-0.25, -0.2) is 9.97 Å². The first-order valence-electron chi connectivity index (χ1n) is 9.49. The van der Waals surface area contributed by atoms with Crippen molar-refractivity contribution >= 4 is 23.8 Å². The van der Waals surface area contributed by atoms with Crippen LogP contribution in [0, 0.1) is 0 Å². The second kappa shape index (κ2) is 7.80. The molecule has 0 bridgehead atoms. The molecule has 1 aromatic carbocycles. The van der Waals surface area contributed by atoms with E-state index in [4.69, 9.17) is 0 Å². The molecule has 1 fully saturated rings. The van der Waals surface area contributed by atoms with Crippen molar-refractivity contribution in [2.75, 3.05) is 31.1 Å². The lowest BCUT2D eigenvalue weighted by molar-refractivity contribution is -0.134.